The Kier molecular flexibility index (Phi) is 5.34. The molecular weight excluding hydrogens is 333 g/mol. The first kappa shape index (κ1) is 16.0. The maximum absolute atomic E-state index is 12.1. The lowest BCUT2D eigenvalue weighted by Crippen LogP contribution is -2.23. The molecule has 0 radical (unpaired) electrons. The van der Waals surface area contributed by atoms with Gasteiger partial charge in [-0.3, -0.25) is 4.79 Å². The van der Waals surface area contributed by atoms with Crippen molar-refractivity contribution in [1.82, 2.24) is 5.32 Å². The number of ether oxygens (including phenoxy) is 1. The largest absolute Gasteiger partial charge is 0.494 e. The molecular formula is C15H12Cl3NO2. The molecule has 2 aromatic rings. The Morgan fingerprint density at radius 3 is 2.29 bits per heavy atom. The Labute approximate surface area is 137 Å². The molecule has 6 heteroatoms. The van der Waals surface area contributed by atoms with Gasteiger partial charge in [-0.25, -0.2) is 0 Å². The zero-order valence-electron chi connectivity index (χ0n) is 11.1. The van der Waals surface area contributed by atoms with Crippen molar-refractivity contribution in [2.75, 3.05) is 7.11 Å². The second-order valence-electron chi connectivity index (χ2n) is 4.25. The summed E-state index contributed by atoms with van der Waals surface area (Å²) in [6.07, 6.45) is 0. The molecule has 0 saturated carbocycles. The van der Waals surface area contributed by atoms with Gasteiger partial charge in [0.15, 0.2) is 5.75 Å². The van der Waals surface area contributed by atoms with Gasteiger partial charge in [0.1, 0.15) is 0 Å². The van der Waals surface area contributed by atoms with Gasteiger partial charge in [-0.15, -0.1) is 0 Å². The van der Waals surface area contributed by atoms with Crippen LogP contribution in [-0.4, -0.2) is 13.0 Å². The third-order valence-electron chi connectivity index (χ3n) is 2.86. The lowest BCUT2D eigenvalue weighted by Gasteiger charge is -2.10. The van der Waals surface area contributed by atoms with E-state index in [9.17, 15) is 4.79 Å². The number of benzene rings is 2. The molecule has 0 fully saturated rings. The van der Waals surface area contributed by atoms with Crippen molar-refractivity contribution in [2.45, 2.75) is 6.54 Å². The van der Waals surface area contributed by atoms with Gasteiger partial charge in [0.25, 0.3) is 5.91 Å². The smallest absolute Gasteiger partial charge is 0.251 e. The summed E-state index contributed by atoms with van der Waals surface area (Å²) < 4.78 is 5.04. The maximum atomic E-state index is 12.1. The molecule has 0 saturated heterocycles. The first-order chi connectivity index (χ1) is 10.0. The summed E-state index contributed by atoms with van der Waals surface area (Å²) in [5.74, 6) is 0.0577. The standard InChI is InChI=1S/C15H12Cl3NO2/c1-21-14-12(17)6-10(7-13(14)18)15(20)19-8-9-4-2-3-5-11(9)16/h2-7H,8H2,1H3,(H,19,20). The van der Waals surface area contributed by atoms with Crippen LogP contribution >= 0.6 is 34.8 Å². The van der Waals surface area contributed by atoms with Crippen LogP contribution in [0, 0.1) is 0 Å². The zero-order valence-corrected chi connectivity index (χ0v) is 13.4. The third-order valence-corrected chi connectivity index (χ3v) is 3.79. The molecule has 2 rings (SSSR count). The van der Waals surface area contributed by atoms with Crippen molar-refractivity contribution in [3.05, 3.63) is 62.6 Å². The molecule has 3 nitrogen and oxygen atoms in total. The van der Waals surface area contributed by atoms with E-state index in [1.165, 1.54) is 19.2 Å². The molecule has 0 atom stereocenters. The van der Waals surface area contributed by atoms with Crippen LogP contribution in [0.2, 0.25) is 15.1 Å². The zero-order chi connectivity index (χ0) is 15.4. The van der Waals surface area contributed by atoms with E-state index in [-0.39, 0.29) is 16.0 Å². The number of nitrogens with one attached hydrogen (secondary N) is 1. The van der Waals surface area contributed by atoms with Crippen LogP contribution in [0.5, 0.6) is 5.75 Å². The third kappa shape index (κ3) is 3.82. The van der Waals surface area contributed by atoms with E-state index in [4.69, 9.17) is 39.5 Å². The highest BCUT2D eigenvalue weighted by atomic mass is 35.5. The molecule has 2 aromatic carbocycles. The summed E-state index contributed by atoms with van der Waals surface area (Å²) in [7, 11) is 1.46. The molecule has 0 spiro atoms. The van der Waals surface area contributed by atoms with Crippen LogP contribution < -0.4 is 10.1 Å². The molecule has 0 aliphatic rings. The van der Waals surface area contributed by atoms with Crippen LogP contribution in [0.15, 0.2) is 36.4 Å². The molecule has 0 unspecified atom stereocenters. The Morgan fingerprint density at radius 2 is 1.71 bits per heavy atom. The van der Waals surface area contributed by atoms with Crippen molar-refractivity contribution in [3.8, 4) is 5.75 Å². The highest BCUT2D eigenvalue weighted by molar-refractivity contribution is 6.37. The molecule has 1 N–H and O–H groups in total. The van der Waals surface area contributed by atoms with E-state index < -0.39 is 0 Å². The van der Waals surface area contributed by atoms with Crippen molar-refractivity contribution < 1.29 is 9.53 Å². The number of methoxy groups -OCH3 is 1. The number of carbonyl (C=O) groups is 1. The van der Waals surface area contributed by atoms with E-state index in [0.717, 1.165) is 5.56 Å². The minimum absolute atomic E-state index is 0.285. The van der Waals surface area contributed by atoms with Gasteiger partial charge in [0, 0.05) is 17.1 Å². The number of amides is 1. The molecule has 0 heterocycles. The van der Waals surface area contributed by atoms with Gasteiger partial charge in [-0.05, 0) is 23.8 Å². The van der Waals surface area contributed by atoms with Crippen LogP contribution in [0.3, 0.4) is 0 Å². The maximum Gasteiger partial charge on any atom is 0.251 e. The summed E-state index contributed by atoms with van der Waals surface area (Å²) in [6, 6.07) is 10.3. The number of halogens is 3. The van der Waals surface area contributed by atoms with Gasteiger partial charge in [0.05, 0.1) is 17.2 Å². The number of hydrogen-bond acceptors (Lipinski definition) is 2. The topological polar surface area (TPSA) is 38.3 Å². The minimum Gasteiger partial charge on any atom is -0.494 e. The van der Waals surface area contributed by atoms with E-state index >= 15 is 0 Å². The Bertz CT molecular complexity index is 651. The summed E-state index contributed by atoms with van der Waals surface area (Å²) in [5, 5.41) is 3.94. The fourth-order valence-corrected chi connectivity index (χ4v) is 2.65. The van der Waals surface area contributed by atoms with E-state index in [0.29, 0.717) is 22.9 Å². The van der Waals surface area contributed by atoms with Crippen molar-refractivity contribution in [1.29, 1.82) is 0 Å². The van der Waals surface area contributed by atoms with Crippen molar-refractivity contribution >= 4 is 40.7 Å². The second kappa shape index (κ2) is 7.03. The van der Waals surface area contributed by atoms with Crippen LogP contribution in [0.1, 0.15) is 15.9 Å². The van der Waals surface area contributed by atoms with Gasteiger partial charge < -0.3 is 10.1 Å². The van der Waals surface area contributed by atoms with Gasteiger partial charge >= 0.3 is 0 Å². The molecule has 0 aromatic heterocycles. The van der Waals surface area contributed by atoms with Gasteiger partial charge in [-0.1, -0.05) is 53.0 Å². The predicted molar refractivity (Wildman–Crippen MR) is 85.6 cm³/mol. The van der Waals surface area contributed by atoms with E-state index in [1.54, 1.807) is 6.07 Å². The summed E-state index contributed by atoms with van der Waals surface area (Å²) >= 11 is 18.1. The molecule has 0 bridgehead atoms. The van der Waals surface area contributed by atoms with E-state index in [2.05, 4.69) is 5.32 Å². The van der Waals surface area contributed by atoms with Gasteiger partial charge in [-0.2, -0.15) is 0 Å². The quantitative estimate of drug-likeness (QED) is 0.881. The Hall–Kier alpha value is -1.42. The summed E-state index contributed by atoms with van der Waals surface area (Å²) in [5.41, 5.74) is 1.19. The molecule has 110 valence electrons. The number of rotatable bonds is 4. The molecule has 1 amide bonds. The highest BCUT2D eigenvalue weighted by Gasteiger charge is 2.13. The van der Waals surface area contributed by atoms with E-state index in [1.807, 2.05) is 18.2 Å². The van der Waals surface area contributed by atoms with Crippen LogP contribution in [0.4, 0.5) is 0 Å². The molecule has 21 heavy (non-hydrogen) atoms. The average Bonchev–Trinajstić information content (AvgIpc) is 2.45. The minimum atomic E-state index is -0.290. The second-order valence-corrected chi connectivity index (χ2v) is 5.47. The lowest BCUT2D eigenvalue weighted by atomic mass is 10.2. The number of carbonyl (C=O) groups excluding carboxylic acids is 1. The first-order valence-electron chi connectivity index (χ1n) is 6.07. The average molecular weight is 345 g/mol. The fraction of sp³-hybridized carbons (Fsp3) is 0.133. The van der Waals surface area contributed by atoms with Crippen LogP contribution in [0.25, 0.3) is 0 Å². The molecule has 0 aliphatic carbocycles. The van der Waals surface area contributed by atoms with Crippen molar-refractivity contribution in [2.24, 2.45) is 0 Å². The van der Waals surface area contributed by atoms with Gasteiger partial charge in [0.2, 0.25) is 0 Å². The molecule has 0 aliphatic heterocycles. The predicted octanol–water partition coefficient (Wildman–Crippen LogP) is 4.59. The monoisotopic (exact) mass is 343 g/mol. The SMILES string of the molecule is COc1c(Cl)cc(C(=O)NCc2ccccc2Cl)cc1Cl. The normalized spacial score (nSPS) is 10.3. The lowest BCUT2D eigenvalue weighted by molar-refractivity contribution is 0.0951. The summed E-state index contributed by atoms with van der Waals surface area (Å²) in [4.78, 5) is 12.1. The van der Waals surface area contributed by atoms with Crippen LogP contribution in [-0.2, 0) is 6.54 Å². The Morgan fingerprint density at radius 1 is 1.10 bits per heavy atom. The fourth-order valence-electron chi connectivity index (χ4n) is 1.81. The Balaban J connectivity index is 2.13. The van der Waals surface area contributed by atoms with Crippen molar-refractivity contribution in [3.63, 3.8) is 0 Å². The summed E-state index contributed by atoms with van der Waals surface area (Å²) in [6.45, 7) is 0.319. The highest BCUT2D eigenvalue weighted by Crippen LogP contribution is 2.33. The number of hydrogen-bond donors (Lipinski definition) is 1. The first-order valence-corrected chi connectivity index (χ1v) is 7.21.